The fourth-order valence-corrected chi connectivity index (χ4v) is 5.45. The molecule has 28 heavy (non-hydrogen) atoms. The molecular formula is C20H32N4O3S. The first kappa shape index (κ1) is 21.0. The fraction of sp³-hybridized carbons (Fsp3) is 0.750. The van der Waals surface area contributed by atoms with Crippen LogP contribution in [0.4, 0.5) is 5.13 Å². The van der Waals surface area contributed by atoms with Crippen LogP contribution in [0.15, 0.2) is 5.38 Å². The number of carbonyl (C=O) groups is 2. The summed E-state index contributed by atoms with van der Waals surface area (Å²) in [5, 5.41) is 5.65. The first-order valence-corrected chi connectivity index (χ1v) is 11.0. The predicted octanol–water partition coefficient (Wildman–Crippen LogP) is 2.22. The second-order valence-corrected chi connectivity index (χ2v) is 9.36. The zero-order chi connectivity index (χ0) is 20.3. The maximum absolute atomic E-state index is 13.4. The number of anilines is 1. The molecule has 3 rings (SSSR count). The topological polar surface area (TPSA) is 97.5 Å². The third-order valence-electron chi connectivity index (χ3n) is 6.28. The quantitative estimate of drug-likeness (QED) is 0.608. The number of carbonyl (C=O) groups excluding carboxylic acids is 2. The van der Waals surface area contributed by atoms with E-state index in [1.807, 2.05) is 5.38 Å². The number of hydrogen-bond donors (Lipinski definition) is 2. The minimum absolute atomic E-state index is 0.116. The van der Waals surface area contributed by atoms with Gasteiger partial charge in [-0.2, -0.15) is 0 Å². The number of fused-ring (bicyclic) bond motifs is 2. The summed E-state index contributed by atoms with van der Waals surface area (Å²) in [6.07, 6.45) is 5.40. The summed E-state index contributed by atoms with van der Waals surface area (Å²) >= 11 is 1.42. The summed E-state index contributed by atoms with van der Waals surface area (Å²) < 4.78 is 4.88. The van der Waals surface area contributed by atoms with E-state index in [1.165, 1.54) is 18.4 Å². The highest BCUT2D eigenvalue weighted by Gasteiger charge is 2.59. The molecule has 2 aliphatic heterocycles. The Balaban J connectivity index is 1.69. The summed E-state index contributed by atoms with van der Waals surface area (Å²) in [5.74, 6) is 0.437. The highest BCUT2D eigenvalue weighted by molar-refractivity contribution is 7.13. The van der Waals surface area contributed by atoms with Crippen LogP contribution >= 0.6 is 11.3 Å². The van der Waals surface area contributed by atoms with Crippen molar-refractivity contribution in [2.45, 2.75) is 64.5 Å². The monoisotopic (exact) mass is 408 g/mol. The van der Waals surface area contributed by atoms with Gasteiger partial charge < -0.3 is 15.8 Å². The summed E-state index contributed by atoms with van der Waals surface area (Å²) in [7, 11) is 1.42. The van der Waals surface area contributed by atoms with E-state index in [0.29, 0.717) is 30.1 Å². The molecule has 0 aromatic carbocycles. The van der Waals surface area contributed by atoms with Gasteiger partial charge in [0.05, 0.1) is 24.8 Å². The second-order valence-electron chi connectivity index (χ2n) is 8.47. The van der Waals surface area contributed by atoms with Gasteiger partial charge in [-0.1, -0.05) is 13.8 Å². The molecule has 1 aromatic heterocycles. The Morgan fingerprint density at radius 1 is 1.46 bits per heavy atom. The first-order chi connectivity index (χ1) is 13.4. The summed E-state index contributed by atoms with van der Waals surface area (Å²) in [4.78, 5) is 31.7. The number of esters is 1. The number of aromatic nitrogens is 1. The number of nitrogens with zero attached hydrogens (tertiary/aromatic N) is 2. The van der Waals surface area contributed by atoms with Crippen LogP contribution in [0.1, 0.15) is 51.6 Å². The van der Waals surface area contributed by atoms with Crippen LogP contribution in [0.25, 0.3) is 0 Å². The molecule has 2 saturated heterocycles. The largest absolute Gasteiger partial charge is 0.468 e. The van der Waals surface area contributed by atoms with E-state index >= 15 is 0 Å². The summed E-state index contributed by atoms with van der Waals surface area (Å²) in [5.41, 5.74) is 6.18. The van der Waals surface area contributed by atoms with Gasteiger partial charge >= 0.3 is 5.97 Å². The average molecular weight is 409 g/mol. The number of methoxy groups -OCH3 is 1. The molecule has 2 fully saturated rings. The van der Waals surface area contributed by atoms with Crippen molar-refractivity contribution < 1.29 is 14.3 Å². The van der Waals surface area contributed by atoms with Crippen molar-refractivity contribution in [2.24, 2.45) is 11.3 Å². The SMILES string of the molecule is COC(=O)CN1[C@@H]2CC[C@H]1[C@@](CCC(C)C)(C(=O)NCCc1csc(N)n1)C2. The van der Waals surface area contributed by atoms with Gasteiger partial charge in [0, 0.05) is 30.4 Å². The Morgan fingerprint density at radius 2 is 2.25 bits per heavy atom. The molecule has 0 aliphatic carbocycles. The Kier molecular flexibility index (Phi) is 6.60. The number of nitrogens with one attached hydrogen (secondary N) is 1. The van der Waals surface area contributed by atoms with Gasteiger partial charge in [0.25, 0.3) is 0 Å². The maximum atomic E-state index is 13.4. The van der Waals surface area contributed by atoms with Crippen molar-refractivity contribution in [2.75, 3.05) is 25.9 Å². The minimum Gasteiger partial charge on any atom is -0.468 e. The van der Waals surface area contributed by atoms with Crippen LogP contribution in [-0.4, -0.2) is 54.0 Å². The number of nitrogen functional groups attached to an aromatic ring is 1. The van der Waals surface area contributed by atoms with Crippen molar-refractivity contribution >= 4 is 28.3 Å². The fourth-order valence-electron chi connectivity index (χ4n) is 4.85. The highest BCUT2D eigenvalue weighted by Crippen LogP contribution is 2.52. The molecule has 2 aliphatic rings. The molecule has 0 unspecified atom stereocenters. The van der Waals surface area contributed by atoms with E-state index in [0.717, 1.165) is 37.8 Å². The van der Waals surface area contributed by atoms with Crippen molar-refractivity contribution in [3.63, 3.8) is 0 Å². The van der Waals surface area contributed by atoms with Gasteiger partial charge in [0.1, 0.15) is 0 Å². The maximum Gasteiger partial charge on any atom is 0.319 e. The van der Waals surface area contributed by atoms with Gasteiger partial charge in [-0.25, -0.2) is 4.98 Å². The van der Waals surface area contributed by atoms with Crippen LogP contribution < -0.4 is 11.1 Å². The molecule has 3 heterocycles. The second kappa shape index (κ2) is 8.78. The Morgan fingerprint density at radius 3 is 2.89 bits per heavy atom. The van der Waals surface area contributed by atoms with Gasteiger partial charge in [-0.05, 0) is 38.0 Å². The van der Waals surface area contributed by atoms with Gasteiger partial charge in [0.15, 0.2) is 5.13 Å². The van der Waals surface area contributed by atoms with Gasteiger partial charge in [-0.3, -0.25) is 14.5 Å². The lowest BCUT2D eigenvalue weighted by atomic mass is 9.69. The van der Waals surface area contributed by atoms with Crippen LogP contribution in [0.5, 0.6) is 0 Å². The van der Waals surface area contributed by atoms with Crippen molar-refractivity contribution in [1.82, 2.24) is 15.2 Å². The van der Waals surface area contributed by atoms with E-state index < -0.39 is 5.41 Å². The molecule has 156 valence electrons. The van der Waals surface area contributed by atoms with E-state index in [1.54, 1.807) is 0 Å². The van der Waals surface area contributed by atoms with E-state index in [2.05, 4.69) is 29.0 Å². The molecule has 2 bridgehead atoms. The van der Waals surface area contributed by atoms with Gasteiger partial charge in [0.2, 0.25) is 5.91 Å². The third-order valence-corrected chi connectivity index (χ3v) is 7.00. The van der Waals surface area contributed by atoms with Crippen LogP contribution in [-0.2, 0) is 20.7 Å². The van der Waals surface area contributed by atoms with E-state index in [4.69, 9.17) is 10.5 Å². The third kappa shape index (κ3) is 4.33. The minimum atomic E-state index is -0.414. The molecule has 3 N–H and O–H groups in total. The average Bonchev–Trinajstić information content (AvgIpc) is 3.33. The van der Waals surface area contributed by atoms with Crippen molar-refractivity contribution in [1.29, 1.82) is 0 Å². The van der Waals surface area contributed by atoms with Crippen molar-refractivity contribution in [3.05, 3.63) is 11.1 Å². The Bertz CT molecular complexity index is 707. The van der Waals surface area contributed by atoms with Crippen LogP contribution in [0.2, 0.25) is 0 Å². The molecule has 0 saturated carbocycles. The Hall–Kier alpha value is -1.67. The highest BCUT2D eigenvalue weighted by atomic mass is 32.1. The summed E-state index contributed by atoms with van der Waals surface area (Å²) in [6.45, 7) is 5.22. The van der Waals surface area contributed by atoms with Crippen LogP contribution in [0.3, 0.4) is 0 Å². The lowest BCUT2D eigenvalue weighted by Crippen LogP contribution is -2.50. The first-order valence-electron chi connectivity index (χ1n) is 10.2. The molecule has 8 heteroatoms. The van der Waals surface area contributed by atoms with E-state index in [9.17, 15) is 9.59 Å². The van der Waals surface area contributed by atoms with Crippen molar-refractivity contribution in [3.8, 4) is 0 Å². The number of rotatable bonds is 9. The molecule has 7 nitrogen and oxygen atoms in total. The summed E-state index contributed by atoms with van der Waals surface area (Å²) in [6, 6.07) is 0.408. The number of nitrogens with two attached hydrogens (primary N) is 1. The lowest BCUT2D eigenvalue weighted by Gasteiger charge is -2.37. The molecule has 3 atom stereocenters. The molecule has 0 radical (unpaired) electrons. The van der Waals surface area contributed by atoms with Gasteiger partial charge in [-0.15, -0.1) is 11.3 Å². The number of hydrogen-bond acceptors (Lipinski definition) is 7. The molecular weight excluding hydrogens is 376 g/mol. The van der Waals surface area contributed by atoms with Crippen LogP contribution in [0, 0.1) is 11.3 Å². The number of ether oxygens (including phenoxy) is 1. The number of amides is 1. The standard InChI is InChI=1S/C20H32N4O3S/c1-13(2)6-8-20(18(26)22-9-7-14-12-28-19(21)23-14)10-15-4-5-16(20)24(15)11-17(25)27-3/h12-13,15-16H,4-11H2,1-3H3,(H2,21,23)(H,22,26)/t15-,16+,20+/m1/s1. The Labute approximate surface area is 171 Å². The molecule has 1 aromatic rings. The number of thiazole rings is 1. The zero-order valence-electron chi connectivity index (χ0n) is 17.1. The smallest absolute Gasteiger partial charge is 0.319 e. The predicted molar refractivity (Wildman–Crippen MR) is 110 cm³/mol. The lowest BCUT2D eigenvalue weighted by molar-refractivity contribution is -0.143. The molecule has 0 spiro atoms. The normalized spacial score (nSPS) is 26.7. The zero-order valence-corrected chi connectivity index (χ0v) is 17.9. The molecule has 1 amide bonds. The van der Waals surface area contributed by atoms with E-state index in [-0.39, 0.29) is 24.5 Å².